The Bertz CT molecular complexity index is 1580. The number of nitrogens with zero attached hydrogens (tertiary/aromatic N) is 2. The molecule has 0 saturated carbocycles. The average Bonchev–Trinajstić information content (AvgIpc) is 3.01. The van der Waals surface area contributed by atoms with Crippen LogP contribution in [0.5, 0.6) is 0 Å². The minimum atomic E-state index is -3.91. The molecule has 0 spiro atoms. The summed E-state index contributed by atoms with van der Waals surface area (Å²) in [6.45, 7) is -0.00974. The summed E-state index contributed by atoms with van der Waals surface area (Å²) in [6, 6.07) is 25.4. The molecule has 0 radical (unpaired) electrons. The van der Waals surface area contributed by atoms with E-state index in [1.54, 1.807) is 30.3 Å². The molecule has 4 aromatic carbocycles. The molecular weight excluding hydrogens is 460 g/mol. The number of benzodiazepines with no additional fused rings is 1. The minimum Gasteiger partial charge on any atom is -0.377 e. The van der Waals surface area contributed by atoms with Gasteiger partial charge < -0.3 is 10.2 Å². The highest BCUT2D eigenvalue weighted by molar-refractivity contribution is 7.93. The Morgan fingerprint density at radius 3 is 2.40 bits per heavy atom. The van der Waals surface area contributed by atoms with Crippen LogP contribution < -0.4 is 14.9 Å². The molecule has 0 fully saturated rings. The monoisotopic (exact) mass is 484 g/mol. The molecule has 4 aromatic rings. The van der Waals surface area contributed by atoms with Crippen LogP contribution in [-0.4, -0.2) is 40.7 Å². The van der Waals surface area contributed by atoms with Gasteiger partial charge in [-0.2, -0.15) is 0 Å². The Kier molecular flexibility index (Phi) is 5.74. The summed E-state index contributed by atoms with van der Waals surface area (Å²) in [5, 5.41) is 4.34. The van der Waals surface area contributed by atoms with Crippen molar-refractivity contribution in [1.29, 1.82) is 0 Å². The van der Waals surface area contributed by atoms with E-state index in [0.717, 1.165) is 16.6 Å². The summed E-state index contributed by atoms with van der Waals surface area (Å²) < 4.78 is 29.7. The number of hydrogen-bond acceptors (Lipinski definition) is 5. The van der Waals surface area contributed by atoms with Gasteiger partial charge in [-0.25, -0.2) is 8.42 Å². The van der Waals surface area contributed by atoms with Gasteiger partial charge in [0, 0.05) is 47.4 Å². The van der Waals surface area contributed by atoms with E-state index in [-0.39, 0.29) is 17.3 Å². The maximum Gasteiger partial charge on any atom is 0.262 e. The zero-order valence-electron chi connectivity index (χ0n) is 19.3. The maximum absolute atomic E-state index is 13.5. The minimum absolute atomic E-state index is 0.00974. The van der Waals surface area contributed by atoms with Crippen LogP contribution in [0.15, 0.2) is 94.8 Å². The fourth-order valence-electron chi connectivity index (χ4n) is 4.28. The van der Waals surface area contributed by atoms with Gasteiger partial charge in [-0.15, -0.1) is 0 Å². The standard InChI is InChI=1S/C27H24N4O3S/c1-31(2)24-12-6-11-21-20(24)10-7-13-25(21)35(33,34)30-19-14-15-23-22(16-19)27(28-17-26(32)29-23)18-8-4-3-5-9-18/h3-16,30H,17H2,1-2H3,(H,29,32). The molecule has 2 N–H and O–H groups in total. The summed E-state index contributed by atoms with van der Waals surface area (Å²) in [6.07, 6.45) is 0. The van der Waals surface area contributed by atoms with Crippen molar-refractivity contribution in [2.24, 2.45) is 4.99 Å². The number of rotatable bonds is 5. The third kappa shape index (κ3) is 4.36. The van der Waals surface area contributed by atoms with E-state index >= 15 is 0 Å². The molecule has 7 nitrogen and oxygen atoms in total. The first kappa shape index (κ1) is 22.6. The summed E-state index contributed by atoms with van der Waals surface area (Å²) in [7, 11) is -0.0564. The second kappa shape index (κ2) is 8.88. The molecule has 0 atom stereocenters. The summed E-state index contributed by atoms with van der Waals surface area (Å²) in [5.74, 6) is -0.224. The van der Waals surface area contributed by atoms with Gasteiger partial charge in [0.25, 0.3) is 10.0 Å². The molecule has 1 amide bonds. The Morgan fingerprint density at radius 1 is 0.886 bits per heavy atom. The molecule has 1 aliphatic heterocycles. The van der Waals surface area contributed by atoms with Crippen molar-refractivity contribution in [3.63, 3.8) is 0 Å². The quantitative estimate of drug-likeness (QED) is 0.437. The van der Waals surface area contributed by atoms with Gasteiger partial charge in [-0.3, -0.25) is 14.5 Å². The topological polar surface area (TPSA) is 90.9 Å². The van der Waals surface area contributed by atoms with Gasteiger partial charge >= 0.3 is 0 Å². The Labute approximate surface area is 204 Å². The van der Waals surface area contributed by atoms with E-state index in [0.29, 0.717) is 28.0 Å². The lowest BCUT2D eigenvalue weighted by atomic mass is 10.00. The highest BCUT2D eigenvalue weighted by Gasteiger charge is 2.22. The highest BCUT2D eigenvalue weighted by atomic mass is 32.2. The SMILES string of the molecule is CN(C)c1cccc2c(S(=O)(=O)Nc3ccc4c(c3)C(c3ccccc3)=NCC(=O)N4)cccc12. The molecule has 1 heterocycles. The lowest BCUT2D eigenvalue weighted by Gasteiger charge is -2.18. The zero-order valence-corrected chi connectivity index (χ0v) is 20.1. The van der Waals surface area contributed by atoms with Crippen molar-refractivity contribution < 1.29 is 13.2 Å². The second-order valence-corrected chi connectivity index (χ2v) is 10.1. The van der Waals surface area contributed by atoms with Crippen LogP contribution in [0.1, 0.15) is 11.1 Å². The van der Waals surface area contributed by atoms with Crippen molar-refractivity contribution in [2.45, 2.75) is 4.90 Å². The number of benzene rings is 4. The van der Waals surface area contributed by atoms with Crippen LogP contribution in [0.4, 0.5) is 17.1 Å². The maximum atomic E-state index is 13.5. The Hall–Kier alpha value is -4.17. The third-order valence-electron chi connectivity index (χ3n) is 5.86. The number of amides is 1. The van der Waals surface area contributed by atoms with Crippen molar-refractivity contribution in [1.82, 2.24) is 0 Å². The summed E-state index contributed by atoms with van der Waals surface area (Å²) in [5.41, 5.74) is 4.01. The van der Waals surface area contributed by atoms with E-state index < -0.39 is 10.0 Å². The first-order valence-corrected chi connectivity index (χ1v) is 12.6. The van der Waals surface area contributed by atoms with Gasteiger partial charge in [0.15, 0.2) is 0 Å². The number of aliphatic imine (C=N–C) groups is 1. The normalized spacial score (nSPS) is 13.4. The average molecular weight is 485 g/mol. The lowest BCUT2D eigenvalue weighted by molar-refractivity contribution is -0.114. The molecule has 1 aliphatic rings. The smallest absolute Gasteiger partial charge is 0.262 e. The molecule has 35 heavy (non-hydrogen) atoms. The predicted octanol–water partition coefficient (Wildman–Crippen LogP) is 4.50. The molecule has 176 valence electrons. The fourth-order valence-corrected chi connectivity index (χ4v) is 5.55. The number of anilines is 3. The number of fused-ring (bicyclic) bond motifs is 2. The molecule has 0 aromatic heterocycles. The second-order valence-electron chi connectivity index (χ2n) is 8.47. The van der Waals surface area contributed by atoms with Gasteiger partial charge in [0.05, 0.1) is 16.3 Å². The van der Waals surface area contributed by atoms with Gasteiger partial charge in [-0.1, -0.05) is 54.6 Å². The van der Waals surface area contributed by atoms with Crippen LogP contribution in [-0.2, 0) is 14.8 Å². The van der Waals surface area contributed by atoms with Crippen LogP contribution in [0.2, 0.25) is 0 Å². The molecule has 0 aliphatic carbocycles. The van der Waals surface area contributed by atoms with Crippen LogP contribution in [0.25, 0.3) is 10.8 Å². The third-order valence-corrected chi connectivity index (χ3v) is 7.30. The molecular formula is C27H24N4O3S. The van der Waals surface area contributed by atoms with E-state index in [1.807, 2.05) is 73.6 Å². The fraction of sp³-hybridized carbons (Fsp3) is 0.111. The number of carbonyl (C=O) groups excluding carboxylic acids is 1. The van der Waals surface area contributed by atoms with Crippen molar-refractivity contribution >= 4 is 49.5 Å². The van der Waals surface area contributed by atoms with Crippen LogP contribution in [0.3, 0.4) is 0 Å². The summed E-state index contributed by atoms with van der Waals surface area (Å²) in [4.78, 5) is 18.8. The molecule has 0 bridgehead atoms. The van der Waals surface area contributed by atoms with Crippen LogP contribution in [0, 0.1) is 0 Å². The number of carbonyl (C=O) groups is 1. The number of sulfonamides is 1. The van der Waals surface area contributed by atoms with Crippen molar-refractivity contribution in [3.05, 3.63) is 96.1 Å². The Morgan fingerprint density at radius 2 is 1.63 bits per heavy atom. The summed E-state index contributed by atoms with van der Waals surface area (Å²) >= 11 is 0. The molecule has 0 unspecified atom stereocenters. The number of nitrogens with one attached hydrogen (secondary N) is 2. The molecule has 0 saturated heterocycles. The molecule has 8 heteroatoms. The van der Waals surface area contributed by atoms with E-state index in [1.165, 1.54) is 0 Å². The van der Waals surface area contributed by atoms with E-state index in [2.05, 4.69) is 15.0 Å². The highest BCUT2D eigenvalue weighted by Crippen LogP contribution is 2.32. The van der Waals surface area contributed by atoms with E-state index in [4.69, 9.17) is 0 Å². The van der Waals surface area contributed by atoms with E-state index in [9.17, 15) is 13.2 Å². The largest absolute Gasteiger partial charge is 0.377 e. The molecule has 5 rings (SSSR count). The van der Waals surface area contributed by atoms with Gasteiger partial charge in [-0.05, 0) is 30.3 Å². The first-order valence-electron chi connectivity index (χ1n) is 11.1. The predicted molar refractivity (Wildman–Crippen MR) is 141 cm³/mol. The first-order chi connectivity index (χ1) is 16.8. The van der Waals surface area contributed by atoms with Crippen LogP contribution >= 0.6 is 0 Å². The zero-order chi connectivity index (χ0) is 24.6. The van der Waals surface area contributed by atoms with Gasteiger partial charge in [0.2, 0.25) is 5.91 Å². The lowest BCUT2D eigenvalue weighted by Crippen LogP contribution is -2.16. The van der Waals surface area contributed by atoms with Crippen molar-refractivity contribution in [2.75, 3.05) is 35.6 Å². The Balaban J connectivity index is 1.58. The van der Waals surface area contributed by atoms with Gasteiger partial charge in [0.1, 0.15) is 6.54 Å². The number of hydrogen-bond donors (Lipinski definition) is 2. The van der Waals surface area contributed by atoms with Crippen molar-refractivity contribution in [3.8, 4) is 0 Å².